The first-order chi connectivity index (χ1) is 20.4. The summed E-state index contributed by atoms with van der Waals surface area (Å²) in [5.41, 5.74) is 7.64. The largest absolute Gasteiger partial charge is 1.00 e. The average molecular weight is 638 g/mol. The fraction of sp³-hybridized carbons (Fsp3) is 0.529. The van der Waals surface area contributed by atoms with Gasteiger partial charge in [0.25, 0.3) is 0 Å². The maximum absolute atomic E-state index is 10.0. The fourth-order valence-corrected chi connectivity index (χ4v) is 3.06. The number of hydrogen-bond donors (Lipinski definition) is 2. The molecule has 2 aromatic rings. The van der Waals surface area contributed by atoms with Gasteiger partial charge in [0.1, 0.15) is 6.29 Å². The van der Waals surface area contributed by atoms with E-state index in [1.165, 1.54) is 56.9 Å². The fourth-order valence-electron chi connectivity index (χ4n) is 3.06. The van der Waals surface area contributed by atoms with Crippen molar-refractivity contribution in [2.24, 2.45) is 5.73 Å². The van der Waals surface area contributed by atoms with E-state index in [-0.39, 0.29) is 38.0 Å². The molecule has 0 spiro atoms. The van der Waals surface area contributed by atoms with Gasteiger partial charge < -0.3 is 21.0 Å². The van der Waals surface area contributed by atoms with Gasteiger partial charge in [-0.05, 0) is 39.2 Å². The molecule has 0 saturated carbocycles. The summed E-state index contributed by atoms with van der Waals surface area (Å²) in [6.07, 6.45) is 11.3. The average Bonchev–Trinajstić information content (AvgIpc) is 2.97. The summed E-state index contributed by atoms with van der Waals surface area (Å²) in [5, 5.41) is 12.4. The van der Waals surface area contributed by atoms with Crippen molar-refractivity contribution >= 4 is 32.6 Å². The molecule has 0 aliphatic carbocycles. The molecule has 3 N–H and O–H groups in total. The maximum atomic E-state index is 10.0. The first-order valence-electron chi connectivity index (χ1n) is 15.0. The molecule has 0 aromatic heterocycles. The molecule has 3 radical (unpaired) electrons. The number of benzene rings is 2. The Balaban J connectivity index is -0.000000156. The van der Waals surface area contributed by atoms with Crippen molar-refractivity contribution in [1.82, 2.24) is 5.32 Å². The van der Waals surface area contributed by atoms with Crippen LogP contribution < -0.4 is 45.7 Å². The van der Waals surface area contributed by atoms with Crippen LogP contribution >= 0.6 is 0 Å². The molecule has 11 heteroatoms. The van der Waals surface area contributed by atoms with E-state index in [1.807, 2.05) is 18.2 Å². The van der Waals surface area contributed by atoms with E-state index in [0.717, 1.165) is 39.2 Å². The molecule has 0 aliphatic heterocycles. The molecule has 0 saturated heterocycles. The Kier molecular flexibility index (Phi) is 45.7. The number of aldehydes is 1. The minimum atomic E-state index is -1.08. The SMILES string of the molecule is CC(=O)OOC(C)=O.CC(=O)[O-].CCCCCC(C)N.CCCCCC(C)NCc1ccccc1.O=Cc1ccccc1.[B].[Na+]. The third-order valence-corrected chi connectivity index (χ3v) is 5.21. The Labute approximate surface area is 296 Å². The number of aliphatic carboxylic acids is 1. The van der Waals surface area contributed by atoms with Crippen LogP contribution in [0.25, 0.3) is 0 Å². The molecular weight excluding hydrogens is 582 g/mol. The van der Waals surface area contributed by atoms with Gasteiger partial charge >= 0.3 is 41.5 Å². The molecule has 0 fully saturated rings. The van der Waals surface area contributed by atoms with Crippen LogP contribution in [0.15, 0.2) is 60.7 Å². The van der Waals surface area contributed by atoms with Crippen molar-refractivity contribution in [1.29, 1.82) is 0 Å². The Morgan fingerprint density at radius 3 is 1.53 bits per heavy atom. The van der Waals surface area contributed by atoms with Crippen LogP contribution in [0.2, 0.25) is 0 Å². The van der Waals surface area contributed by atoms with Crippen LogP contribution in [0.5, 0.6) is 0 Å². The molecule has 247 valence electrons. The van der Waals surface area contributed by atoms with Crippen molar-refractivity contribution in [3.8, 4) is 0 Å². The minimum absolute atomic E-state index is 0. The number of carbonyl (C=O) groups is 4. The van der Waals surface area contributed by atoms with Crippen LogP contribution in [-0.4, -0.2) is 44.7 Å². The smallest absolute Gasteiger partial charge is 0.550 e. The number of nitrogens with one attached hydrogen (secondary N) is 1. The van der Waals surface area contributed by atoms with Gasteiger partial charge in [-0.3, -0.25) is 4.79 Å². The zero-order valence-electron chi connectivity index (χ0n) is 28.9. The molecule has 0 aliphatic rings. The normalized spacial score (nSPS) is 10.1. The van der Waals surface area contributed by atoms with E-state index in [2.05, 4.69) is 73.1 Å². The quantitative estimate of drug-likeness (QED) is 0.118. The summed E-state index contributed by atoms with van der Waals surface area (Å²) in [4.78, 5) is 46.2. The first-order valence-corrected chi connectivity index (χ1v) is 15.0. The summed E-state index contributed by atoms with van der Waals surface area (Å²) in [6, 6.07) is 20.7. The molecule has 2 rings (SSSR count). The van der Waals surface area contributed by atoms with E-state index in [4.69, 9.17) is 15.6 Å². The molecule has 2 unspecified atom stereocenters. The van der Waals surface area contributed by atoms with E-state index >= 15 is 0 Å². The van der Waals surface area contributed by atoms with E-state index in [0.29, 0.717) is 12.1 Å². The second-order valence-electron chi connectivity index (χ2n) is 9.91. The zero-order valence-corrected chi connectivity index (χ0v) is 30.9. The summed E-state index contributed by atoms with van der Waals surface area (Å²) in [5.74, 6) is -2.36. The van der Waals surface area contributed by atoms with Crippen molar-refractivity contribution in [2.75, 3.05) is 0 Å². The molecular formula is C34H55BN2NaO7. The number of carbonyl (C=O) groups excluding carboxylic acids is 4. The van der Waals surface area contributed by atoms with Crippen molar-refractivity contribution < 1.29 is 63.6 Å². The number of rotatable bonds is 12. The third-order valence-electron chi connectivity index (χ3n) is 5.21. The molecule has 2 aromatic carbocycles. The Hall–Kier alpha value is -2.50. The van der Waals surface area contributed by atoms with E-state index in [1.54, 1.807) is 12.1 Å². The zero-order chi connectivity index (χ0) is 33.3. The van der Waals surface area contributed by atoms with Gasteiger partial charge in [-0.1, -0.05) is 113 Å². The second kappa shape index (κ2) is 39.5. The van der Waals surface area contributed by atoms with E-state index < -0.39 is 17.9 Å². The van der Waals surface area contributed by atoms with Gasteiger partial charge in [0.15, 0.2) is 0 Å². The Bertz CT molecular complexity index is 919. The molecule has 0 amide bonds. The maximum Gasteiger partial charge on any atom is 1.00 e. The number of hydrogen-bond acceptors (Lipinski definition) is 9. The number of carboxylic acid groups (broad SMARTS) is 1. The Morgan fingerprint density at radius 1 is 0.800 bits per heavy atom. The summed E-state index contributed by atoms with van der Waals surface area (Å²) in [7, 11) is 0. The van der Waals surface area contributed by atoms with Crippen LogP contribution in [0.4, 0.5) is 0 Å². The molecule has 45 heavy (non-hydrogen) atoms. The van der Waals surface area contributed by atoms with Crippen LogP contribution in [0, 0.1) is 0 Å². The molecule has 2 atom stereocenters. The predicted octanol–water partition coefficient (Wildman–Crippen LogP) is 2.57. The van der Waals surface area contributed by atoms with Gasteiger partial charge in [0.2, 0.25) is 0 Å². The van der Waals surface area contributed by atoms with Gasteiger partial charge in [0, 0.05) is 52.4 Å². The van der Waals surface area contributed by atoms with E-state index in [9.17, 15) is 14.4 Å². The topological polar surface area (TPSA) is 148 Å². The van der Waals surface area contributed by atoms with Crippen LogP contribution in [-0.2, 0) is 30.7 Å². The summed E-state index contributed by atoms with van der Waals surface area (Å²) < 4.78 is 0. The molecule has 9 nitrogen and oxygen atoms in total. The van der Waals surface area contributed by atoms with Gasteiger partial charge in [-0.2, -0.15) is 0 Å². The summed E-state index contributed by atoms with van der Waals surface area (Å²) in [6.45, 7) is 13.1. The Morgan fingerprint density at radius 2 is 1.20 bits per heavy atom. The van der Waals surface area contributed by atoms with Gasteiger partial charge in [-0.15, -0.1) is 0 Å². The number of carboxylic acids is 1. The standard InChI is InChI=1S/C14H23N.C7H17N.C7H6O.C4H6O4.C2H4O2.B.Na/c1-3-4-6-9-13(2)15-12-14-10-7-5-8-11-14;1-3-4-5-6-7(2)8;8-6-7-4-2-1-3-5-7;1-3(5)7-8-4(2)6;1-2(3)4;;/h5,7-8,10-11,13,15H,3-4,6,9,12H2,1-2H3;7H,3-6,8H2,1-2H3;1-6H;1-2H3;1H3,(H,3,4);;/q;;;;;;+1/p-1. The van der Waals surface area contributed by atoms with Crippen molar-refractivity contribution in [3.63, 3.8) is 0 Å². The number of unbranched alkanes of at least 4 members (excludes halogenated alkanes) is 4. The van der Waals surface area contributed by atoms with Crippen molar-refractivity contribution in [3.05, 3.63) is 71.8 Å². The predicted molar refractivity (Wildman–Crippen MR) is 176 cm³/mol. The minimum Gasteiger partial charge on any atom is -0.550 e. The van der Waals surface area contributed by atoms with Crippen LogP contribution in [0.3, 0.4) is 0 Å². The third kappa shape index (κ3) is 51.4. The molecule has 0 bridgehead atoms. The van der Waals surface area contributed by atoms with Gasteiger partial charge in [-0.25, -0.2) is 19.4 Å². The second-order valence-corrected chi connectivity index (χ2v) is 9.91. The van der Waals surface area contributed by atoms with Crippen molar-refractivity contribution in [2.45, 2.75) is 118 Å². The molecule has 0 heterocycles. The number of nitrogens with two attached hydrogens (primary N) is 1. The summed E-state index contributed by atoms with van der Waals surface area (Å²) >= 11 is 0. The van der Waals surface area contributed by atoms with Gasteiger partial charge in [0.05, 0.1) is 0 Å². The monoisotopic (exact) mass is 637 g/mol. The first kappa shape index (κ1) is 52.1. The van der Waals surface area contributed by atoms with Crippen LogP contribution in [0.1, 0.15) is 116 Å².